The van der Waals surface area contributed by atoms with Crippen molar-refractivity contribution in [3.05, 3.63) is 16.8 Å². The van der Waals surface area contributed by atoms with E-state index in [1.807, 2.05) is 6.92 Å². The van der Waals surface area contributed by atoms with Gasteiger partial charge in [0.15, 0.2) is 0 Å². The minimum atomic E-state index is -0.286. The number of nitrogens with one attached hydrogen (secondary N) is 1. The highest BCUT2D eigenvalue weighted by molar-refractivity contribution is 7.20. The van der Waals surface area contributed by atoms with Gasteiger partial charge in [0.05, 0.1) is 12.0 Å². The molecule has 2 aromatic heterocycles. The summed E-state index contributed by atoms with van der Waals surface area (Å²) in [6.07, 6.45) is 3.59. The smallest absolute Gasteiger partial charge is 0.348 e. The second-order valence-electron chi connectivity index (χ2n) is 4.84. The van der Waals surface area contributed by atoms with Crippen LogP contribution < -0.4 is 5.32 Å². The first-order chi connectivity index (χ1) is 10.1. The van der Waals surface area contributed by atoms with E-state index >= 15 is 0 Å². The molecule has 5 nitrogen and oxygen atoms in total. The Morgan fingerprint density at radius 3 is 2.67 bits per heavy atom. The lowest BCUT2D eigenvalue weighted by Crippen LogP contribution is -2.18. The van der Waals surface area contributed by atoms with Gasteiger partial charge in [-0.3, -0.25) is 0 Å². The first kappa shape index (κ1) is 15.7. The molecule has 21 heavy (non-hydrogen) atoms. The van der Waals surface area contributed by atoms with E-state index < -0.39 is 0 Å². The summed E-state index contributed by atoms with van der Waals surface area (Å²) in [5.41, 5.74) is 0.891. The maximum Gasteiger partial charge on any atom is 0.348 e. The number of ether oxygens (including phenoxy) is 1. The van der Waals surface area contributed by atoms with Gasteiger partial charge in [0.2, 0.25) is 0 Å². The van der Waals surface area contributed by atoms with Crippen molar-refractivity contribution in [3.8, 4) is 0 Å². The number of esters is 1. The number of nitrogens with zero attached hydrogens (tertiary/aromatic N) is 2. The van der Waals surface area contributed by atoms with Crippen molar-refractivity contribution in [2.45, 2.75) is 46.6 Å². The molecule has 0 aliphatic heterocycles. The molecule has 0 aliphatic carbocycles. The molecular weight excluding hydrogens is 286 g/mol. The van der Waals surface area contributed by atoms with Crippen LogP contribution in [0.15, 0.2) is 6.33 Å². The molecule has 6 heteroatoms. The van der Waals surface area contributed by atoms with Gasteiger partial charge < -0.3 is 10.1 Å². The lowest BCUT2D eigenvalue weighted by molar-refractivity contribution is 0.0531. The summed E-state index contributed by atoms with van der Waals surface area (Å²) in [4.78, 5) is 22.1. The van der Waals surface area contributed by atoms with Crippen molar-refractivity contribution in [1.82, 2.24) is 9.97 Å². The lowest BCUT2D eigenvalue weighted by Gasteiger charge is -2.16. The first-order valence-electron chi connectivity index (χ1n) is 7.30. The quantitative estimate of drug-likeness (QED) is 0.823. The fraction of sp³-hybridized carbons (Fsp3) is 0.533. The van der Waals surface area contributed by atoms with Crippen molar-refractivity contribution in [1.29, 1.82) is 0 Å². The molecule has 2 rings (SSSR count). The number of hydrogen-bond donors (Lipinski definition) is 1. The van der Waals surface area contributed by atoms with Crippen LogP contribution in [0.4, 0.5) is 5.82 Å². The highest BCUT2D eigenvalue weighted by Gasteiger charge is 2.20. The summed E-state index contributed by atoms with van der Waals surface area (Å²) >= 11 is 1.36. The van der Waals surface area contributed by atoms with Crippen LogP contribution in [0.1, 0.15) is 48.8 Å². The molecule has 114 valence electrons. The van der Waals surface area contributed by atoms with Gasteiger partial charge in [-0.15, -0.1) is 11.3 Å². The molecule has 0 unspecified atom stereocenters. The first-order valence-corrected chi connectivity index (χ1v) is 8.11. The minimum Gasteiger partial charge on any atom is -0.462 e. The number of rotatable bonds is 6. The number of hydrogen-bond acceptors (Lipinski definition) is 6. The Labute approximate surface area is 128 Å². The third-order valence-corrected chi connectivity index (χ3v) is 4.69. The van der Waals surface area contributed by atoms with E-state index in [2.05, 4.69) is 29.1 Å². The molecule has 0 bridgehead atoms. The van der Waals surface area contributed by atoms with Gasteiger partial charge in [-0.1, -0.05) is 13.8 Å². The Bertz CT molecular complexity index is 635. The third-order valence-electron chi connectivity index (χ3n) is 3.51. The number of fused-ring (bicyclic) bond motifs is 1. The number of carbonyl (C=O) groups excluding carboxylic acids is 1. The molecule has 1 N–H and O–H groups in total. The minimum absolute atomic E-state index is 0.286. The van der Waals surface area contributed by atoms with E-state index in [1.165, 1.54) is 17.7 Å². The second-order valence-corrected chi connectivity index (χ2v) is 5.84. The van der Waals surface area contributed by atoms with Crippen LogP contribution in [0.5, 0.6) is 0 Å². The fourth-order valence-corrected chi connectivity index (χ4v) is 3.30. The SMILES string of the molecule is CCOC(=O)c1sc2ncnc(NC(CC)CC)c2c1C. The van der Waals surface area contributed by atoms with Crippen molar-refractivity contribution in [2.75, 3.05) is 11.9 Å². The van der Waals surface area contributed by atoms with Crippen LogP contribution in [0.25, 0.3) is 10.2 Å². The van der Waals surface area contributed by atoms with Crippen LogP contribution in [0.3, 0.4) is 0 Å². The van der Waals surface area contributed by atoms with Crippen LogP contribution in [0, 0.1) is 6.92 Å². The Morgan fingerprint density at radius 2 is 2.05 bits per heavy atom. The number of carbonyl (C=O) groups is 1. The van der Waals surface area contributed by atoms with Crippen molar-refractivity contribution in [3.63, 3.8) is 0 Å². The highest BCUT2D eigenvalue weighted by Crippen LogP contribution is 2.34. The molecule has 0 radical (unpaired) electrons. The molecule has 0 amide bonds. The Balaban J connectivity index is 2.46. The number of aryl methyl sites for hydroxylation is 1. The molecule has 0 aliphatic rings. The van der Waals surface area contributed by atoms with Gasteiger partial charge in [0, 0.05) is 6.04 Å². The van der Waals surface area contributed by atoms with E-state index in [-0.39, 0.29) is 5.97 Å². The van der Waals surface area contributed by atoms with Gasteiger partial charge >= 0.3 is 5.97 Å². The van der Waals surface area contributed by atoms with Gasteiger partial charge in [-0.2, -0.15) is 0 Å². The van der Waals surface area contributed by atoms with E-state index in [1.54, 1.807) is 6.92 Å². The highest BCUT2D eigenvalue weighted by atomic mass is 32.1. The molecule has 0 atom stereocenters. The largest absolute Gasteiger partial charge is 0.462 e. The maximum atomic E-state index is 12.0. The Kier molecular flexibility index (Phi) is 5.12. The van der Waals surface area contributed by atoms with E-state index in [9.17, 15) is 4.79 Å². The lowest BCUT2D eigenvalue weighted by atomic mass is 10.1. The van der Waals surface area contributed by atoms with Crippen LogP contribution in [-0.4, -0.2) is 28.6 Å². The van der Waals surface area contributed by atoms with Crippen LogP contribution >= 0.6 is 11.3 Å². The molecule has 0 spiro atoms. The maximum absolute atomic E-state index is 12.0. The fourth-order valence-electron chi connectivity index (χ4n) is 2.26. The van der Waals surface area contributed by atoms with E-state index in [0.717, 1.165) is 34.4 Å². The zero-order chi connectivity index (χ0) is 15.4. The van der Waals surface area contributed by atoms with Gasteiger partial charge in [0.1, 0.15) is 21.9 Å². The van der Waals surface area contributed by atoms with E-state index in [0.29, 0.717) is 17.5 Å². The van der Waals surface area contributed by atoms with E-state index in [4.69, 9.17) is 4.74 Å². The molecule has 0 saturated heterocycles. The molecule has 2 heterocycles. The molecule has 0 saturated carbocycles. The van der Waals surface area contributed by atoms with Crippen molar-refractivity contribution < 1.29 is 9.53 Å². The average Bonchev–Trinajstić information content (AvgIpc) is 2.83. The predicted molar refractivity (Wildman–Crippen MR) is 86.1 cm³/mol. The second kappa shape index (κ2) is 6.85. The average molecular weight is 307 g/mol. The monoisotopic (exact) mass is 307 g/mol. The zero-order valence-electron chi connectivity index (χ0n) is 12.9. The summed E-state index contributed by atoms with van der Waals surface area (Å²) < 4.78 is 5.10. The number of anilines is 1. The Morgan fingerprint density at radius 1 is 1.33 bits per heavy atom. The molecular formula is C15H21N3O2S. The van der Waals surface area contributed by atoms with Gasteiger partial charge in [0.25, 0.3) is 0 Å². The van der Waals surface area contributed by atoms with Crippen LogP contribution in [-0.2, 0) is 4.74 Å². The normalized spacial score (nSPS) is 11.1. The molecule has 2 aromatic rings. The van der Waals surface area contributed by atoms with Crippen molar-refractivity contribution >= 4 is 33.3 Å². The van der Waals surface area contributed by atoms with Gasteiger partial charge in [-0.25, -0.2) is 14.8 Å². The summed E-state index contributed by atoms with van der Waals surface area (Å²) in [5.74, 6) is 0.518. The zero-order valence-corrected chi connectivity index (χ0v) is 13.7. The van der Waals surface area contributed by atoms with Crippen LogP contribution in [0.2, 0.25) is 0 Å². The number of thiophene rings is 1. The summed E-state index contributed by atoms with van der Waals surface area (Å²) in [6, 6.07) is 0.369. The Hall–Kier alpha value is -1.69. The molecule has 0 aromatic carbocycles. The molecule has 0 fully saturated rings. The van der Waals surface area contributed by atoms with Gasteiger partial charge in [-0.05, 0) is 32.3 Å². The topological polar surface area (TPSA) is 64.1 Å². The third kappa shape index (κ3) is 3.15. The summed E-state index contributed by atoms with van der Waals surface area (Å²) in [5, 5.41) is 4.38. The van der Waals surface area contributed by atoms with Crippen molar-refractivity contribution in [2.24, 2.45) is 0 Å². The predicted octanol–water partition coefficient (Wildman–Crippen LogP) is 3.78. The number of aromatic nitrogens is 2. The summed E-state index contributed by atoms with van der Waals surface area (Å²) in [6.45, 7) is 8.39. The summed E-state index contributed by atoms with van der Waals surface area (Å²) in [7, 11) is 0. The standard InChI is InChI=1S/C15H21N3O2S/c1-5-10(6-2)18-13-11-9(4)12(15(19)20-7-3)21-14(11)17-8-16-13/h8,10H,5-7H2,1-4H3,(H,16,17,18).